The first-order valence-electron chi connectivity index (χ1n) is 6.12. The molecule has 0 spiro atoms. The summed E-state index contributed by atoms with van der Waals surface area (Å²) in [5, 5.41) is 0. The Hall–Kier alpha value is -1.25. The van der Waals surface area contributed by atoms with Gasteiger partial charge in [-0.3, -0.25) is 0 Å². The molecule has 0 heterocycles. The number of nitrogens with two attached hydrogens (primary N) is 1. The van der Waals surface area contributed by atoms with Gasteiger partial charge in [-0.15, -0.1) is 11.8 Å². The molecule has 0 atom stereocenters. The molecule has 0 saturated carbocycles. The van der Waals surface area contributed by atoms with Gasteiger partial charge in [-0.2, -0.15) is 0 Å². The lowest BCUT2D eigenvalue weighted by atomic mass is 9.96. The van der Waals surface area contributed by atoms with E-state index >= 15 is 0 Å². The van der Waals surface area contributed by atoms with E-state index in [0.29, 0.717) is 0 Å². The fourth-order valence-electron chi connectivity index (χ4n) is 1.86. The highest BCUT2D eigenvalue weighted by Crippen LogP contribution is 2.31. The molecule has 0 unspecified atom stereocenters. The Morgan fingerprint density at radius 3 is 2.22 bits per heavy atom. The first-order chi connectivity index (χ1) is 8.57. The minimum Gasteiger partial charge on any atom is -0.322 e. The van der Waals surface area contributed by atoms with E-state index in [1.165, 1.54) is 16.0 Å². The summed E-state index contributed by atoms with van der Waals surface area (Å²) in [6, 6.07) is 18.9. The van der Waals surface area contributed by atoms with E-state index in [1.807, 2.05) is 17.8 Å². The Balaban J connectivity index is 2.15. The van der Waals surface area contributed by atoms with E-state index in [4.69, 9.17) is 5.73 Å². The quantitative estimate of drug-likeness (QED) is 0.832. The second-order valence-corrected chi connectivity index (χ2v) is 6.01. The van der Waals surface area contributed by atoms with Gasteiger partial charge in [-0.25, -0.2) is 0 Å². The predicted molar refractivity (Wildman–Crippen MR) is 79.7 cm³/mol. The molecule has 2 rings (SSSR count). The molecular formula is C16H19NS. The Bertz CT molecular complexity index is 500. The Labute approximate surface area is 113 Å². The lowest BCUT2D eigenvalue weighted by Gasteiger charge is -2.22. The van der Waals surface area contributed by atoms with Crippen LogP contribution in [0.2, 0.25) is 0 Å². The van der Waals surface area contributed by atoms with Gasteiger partial charge in [-0.1, -0.05) is 48.5 Å². The summed E-state index contributed by atoms with van der Waals surface area (Å²) in [6.45, 7) is 4.10. The van der Waals surface area contributed by atoms with E-state index in [1.54, 1.807) is 0 Å². The van der Waals surface area contributed by atoms with Crippen LogP contribution in [0.5, 0.6) is 0 Å². The standard InChI is InChI=1S/C16H19NS/c1-16(2,17)14-10-6-7-11-15(14)18-12-13-8-4-3-5-9-13/h3-11H,12,17H2,1-2H3. The van der Waals surface area contributed by atoms with Gasteiger partial charge in [-0.05, 0) is 31.0 Å². The molecule has 1 nitrogen and oxygen atoms in total. The van der Waals surface area contributed by atoms with Crippen LogP contribution in [0.4, 0.5) is 0 Å². The van der Waals surface area contributed by atoms with Crippen molar-refractivity contribution in [1.29, 1.82) is 0 Å². The largest absolute Gasteiger partial charge is 0.322 e. The van der Waals surface area contributed by atoms with E-state index in [0.717, 1.165) is 5.75 Å². The molecule has 0 bridgehead atoms. The maximum atomic E-state index is 6.21. The van der Waals surface area contributed by atoms with Crippen LogP contribution < -0.4 is 5.73 Å². The van der Waals surface area contributed by atoms with E-state index in [2.05, 4.69) is 62.4 Å². The molecule has 0 fully saturated rings. The third-order valence-electron chi connectivity index (χ3n) is 2.82. The molecule has 2 N–H and O–H groups in total. The Morgan fingerprint density at radius 2 is 1.56 bits per heavy atom. The lowest BCUT2D eigenvalue weighted by Crippen LogP contribution is -2.29. The molecule has 0 amide bonds. The highest BCUT2D eigenvalue weighted by Gasteiger charge is 2.17. The maximum Gasteiger partial charge on any atom is 0.0363 e. The smallest absolute Gasteiger partial charge is 0.0363 e. The van der Waals surface area contributed by atoms with Crippen molar-refractivity contribution in [3.63, 3.8) is 0 Å². The zero-order valence-corrected chi connectivity index (χ0v) is 11.7. The van der Waals surface area contributed by atoms with Crippen LogP contribution in [-0.2, 0) is 11.3 Å². The molecule has 0 saturated heterocycles. The lowest BCUT2D eigenvalue weighted by molar-refractivity contribution is 0.543. The maximum absolute atomic E-state index is 6.21. The topological polar surface area (TPSA) is 26.0 Å². The molecule has 0 radical (unpaired) electrons. The van der Waals surface area contributed by atoms with E-state index in [9.17, 15) is 0 Å². The second-order valence-electron chi connectivity index (χ2n) is 4.99. The SMILES string of the molecule is CC(C)(N)c1ccccc1SCc1ccccc1. The molecule has 0 aliphatic carbocycles. The zero-order valence-electron chi connectivity index (χ0n) is 10.9. The molecule has 18 heavy (non-hydrogen) atoms. The molecule has 2 heteroatoms. The molecule has 2 aromatic carbocycles. The fraction of sp³-hybridized carbons (Fsp3) is 0.250. The van der Waals surface area contributed by atoms with Crippen molar-refractivity contribution in [2.75, 3.05) is 0 Å². The summed E-state index contributed by atoms with van der Waals surface area (Å²) in [4.78, 5) is 1.27. The molecule has 0 aromatic heterocycles. The summed E-state index contributed by atoms with van der Waals surface area (Å²) in [5.74, 6) is 0.980. The van der Waals surface area contributed by atoms with Gasteiger partial charge in [0, 0.05) is 16.2 Å². The van der Waals surface area contributed by atoms with Crippen molar-refractivity contribution >= 4 is 11.8 Å². The van der Waals surface area contributed by atoms with Crippen LogP contribution in [0.3, 0.4) is 0 Å². The molecule has 94 valence electrons. The number of benzene rings is 2. The van der Waals surface area contributed by atoms with Crippen LogP contribution in [0.1, 0.15) is 25.0 Å². The molecular weight excluding hydrogens is 238 g/mol. The number of hydrogen-bond donors (Lipinski definition) is 1. The molecule has 2 aromatic rings. The van der Waals surface area contributed by atoms with Crippen LogP contribution in [-0.4, -0.2) is 0 Å². The number of hydrogen-bond acceptors (Lipinski definition) is 2. The summed E-state index contributed by atoms with van der Waals surface area (Å²) >= 11 is 1.85. The van der Waals surface area contributed by atoms with Crippen molar-refractivity contribution in [2.45, 2.75) is 30.0 Å². The van der Waals surface area contributed by atoms with Crippen LogP contribution in [0.25, 0.3) is 0 Å². The highest BCUT2D eigenvalue weighted by atomic mass is 32.2. The minimum absolute atomic E-state index is 0.291. The van der Waals surface area contributed by atoms with E-state index < -0.39 is 0 Å². The average molecular weight is 257 g/mol. The van der Waals surface area contributed by atoms with Crippen LogP contribution in [0, 0.1) is 0 Å². The second kappa shape index (κ2) is 5.59. The number of thioether (sulfide) groups is 1. The fourth-order valence-corrected chi connectivity index (χ4v) is 3.04. The zero-order chi connectivity index (χ0) is 13.0. The van der Waals surface area contributed by atoms with E-state index in [-0.39, 0.29) is 5.54 Å². The summed E-state index contributed by atoms with van der Waals surface area (Å²) in [5.41, 5.74) is 8.48. The Kier molecular flexibility index (Phi) is 4.10. The highest BCUT2D eigenvalue weighted by molar-refractivity contribution is 7.98. The van der Waals surface area contributed by atoms with Gasteiger partial charge in [0.2, 0.25) is 0 Å². The third kappa shape index (κ3) is 3.37. The molecule has 0 aliphatic heterocycles. The summed E-state index contributed by atoms with van der Waals surface area (Å²) < 4.78 is 0. The summed E-state index contributed by atoms with van der Waals surface area (Å²) in [7, 11) is 0. The minimum atomic E-state index is -0.291. The van der Waals surface area contributed by atoms with Gasteiger partial charge >= 0.3 is 0 Å². The first kappa shape index (κ1) is 13.2. The molecule has 0 aliphatic rings. The van der Waals surface area contributed by atoms with Crippen LogP contribution in [0.15, 0.2) is 59.5 Å². The normalized spacial score (nSPS) is 11.5. The van der Waals surface area contributed by atoms with Gasteiger partial charge in [0.1, 0.15) is 0 Å². The van der Waals surface area contributed by atoms with Crippen molar-refractivity contribution in [3.05, 3.63) is 65.7 Å². The Morgan fingerprint density at radius 1 is 0.944 bits per heavy atom. The van der Waals surface area contributed by atoms with Gasteiger partial charge in [0.25, 0.3) is 0 Å². The predicted octanol–water partition coefficient (Wildman–Crippen LogP) is 4.17. The van der Waals surface area contributed by atoms with Gasteiger partial charge in [0.15, 0.2) is 0 Å². The van der Waals surface area contributed by atoms with Crippen molar-refractivity contribution < 1.29 is 0 Å². The summed E-state index contributed by atoms with van der Waals surface area (Å²) in [6.07, 6.45) is 0. The van der Waals surface area contributed by atoms with Gasteiger partial charge < -0.3 is 5.73 Å². The van der Waals surface area contributed by atoms with Crippen molar-refractivity contribution in [2.24, 2.45) is 5.73 Å². The van der Waals surface area contributed by atoms with Gasteiger partial charge in [0.05, 0.1) is 0 Å². The van der Waals surface area contributed by atoms with Crippen molar-refractivity contribution in [1.82, 2.24) is 0 Å². The van der Waals surface area contributed by atoms with Crippen LogP contribution >= 0.6 is 11.8 Å². The number of rotatable bonds is 4. The average Bonchev–Trinajstić information content (AvgIpc) is 2.37. The monoisotopic (exact) mass is 257 g/mol. The third-order valence-corrected chi connectivity index (χ3v) is 3.96. The first-order valence-corrected chi connectivity index (χ1v) is 7.11. The van der Waals surface area contributed by atoms with Crippen molar-refractivity contribution in [3.8, 4) is 0 Å².